The van der Waals surface area contributed by atoms with Crippen molar-refractivity contribution in [2.75, 3.05) is 52.8 Å². The molecule has 3 aromatic carbocycles. The third-order valence-corrected chi connectivity index (χ3v) is 10.8. The average molecular weight is 841 g/mol. The molecule has 6 rings (SSSR count). The Balaban J connectivity index is 0.918. The van der Waals surface area contributed by atoms with Gasteiger partial charge in [-0.1, -0.05) is 61.7 Å². The molecule has 0 unspecified atom stereocenters. The van der Waals surface area contributed by atoms with Crippen LogP contribution >= 0.6 is 0 Å². The maximum Gasteiger partial charge on any atom is 0.334 e. The quantitative estimate of drug-likeness (QED) is 0.0384. The Hall–Kier alpha value is -6.69. The highest BCUT2D eigenvalue weighted by atomic mass is 16.6. The molecular formula is C50H56N4O8. The second kappa shape index (κ2) is 21.7. The zero-order chi connectivity index (χ0) is 44.0. The smallest absolute Gasteiger partial charge is 0.334 e. The van der Waals surface area contributed by atoms with Crippen LogP contribution < -0.4 is 30.6 Å². The molecule has 0 bridgehead atoms. The second-order valence-corrected chi connectivity index (χ2v) is 15.9. The molecule has 324 valence electrons. The largest absolute Gasteiger partial charge is 0.545 e. The first-order chi connectivity index (χ1) is 30.0. The molecule has 0 saturated heterocycles. The number of ether oxygens (including phenoxy) is 2. The van der Waals surface area contributed by atoms with Crippen molar-refractivity contribution < 1.29 is 38.2 Å². The highest BCUT2D eigenvalue weighted by molar-refractivity contribution is 6.09. The maximum absolute atomic E-state index is 13.4. The standard InChI is InChI=1S/C50H56N4O8/c1-53(2)36-20-24-41-44(30-36)62-45-31-37(54(3)4)21-25-42(45)48(41)43-29-35(19-23-40(43)50(58)59)49(57)52-27-13-8-11-17-46(55)51-26-12-5-6-14-28-60-39-32-38(61-47(56)33-39)22-18-34-15-9-7-10-16-34/h7,9-10,15-16,18-25,29-31,33,38H,5-6,8,11-14,17,26-28,32H2,1-4H3,(H2-,51,52,55,57,58,59)/b22-18+/t38-/m0/s1. The van der Waals surface area contributed by atoms with E-state index in [0.29, 0.717) is 90.1 Å². The van der Waals surface area contributed by atoms with Crippen LogP contribution in [0.25, 0.3) is 39.5 Å². The van der Waals surface area contributed by atoms with Crippen molar-refractivity contribution in [1.29, 1.82) is 0 Å². The number of carbonyl (C=O) groups excluding carboxylic acids is 4. The van der Waals surface area contributed by atoms with E-state index in [2.05, 4.69) is 10.6 Å². The summed E-state index contributed by atoms with van der Waals surface area (Å²) in [5.74, 6) is -0.842. The van der Waals surface area contributed by atoms with Gasteiger partial charge in [0, 0.05) is 85.5 Å². The predicted molar refractivity (Wildman–Crippen MR) is 240 cm³/mol. The SMILES string of the molecule is CN(C)c1ccc2c(-c3cc(C(=O)NCCCCCC(=O)NCCCCCCOC4=CC(=O)O[C@@H](/C=C/c5ccccc5)C4)ccc3C(=O)[O-])c3ccc(=[N+](C)C)cc-3oc2c1. The molecule has 1 atom stereocenters. The molecule has 2 N–H and O–H groups in total. The van der Waals surface area contributed by atoms with Crippen molar-refractivity contribution in [2.24, 2.45) is 0 Å². The number of anilines is 1. The first kappa shape index (κ1) is 44.9. The van der Waals surface area contributed by atoms with Crippen LogP contribution in [0, 0.1) is 0 Å². The predicted octanol–water partition coefficient (Wildman–Crippen LogP) is 6.56. The lowest BCUT2D eigenvalue weighted by molar-refractivity contribution is -0.255. The van der Waals surface area contributed by atoms with Gasteiger partial charge in [0.2, 0.25) is 11.3 Å². The Morgan fingerprint density at radius 3 is 2.37 bits per heavy atom. The molecule has 12 nitrogen and oxygen atoms in total. The number of nitrogens with one attached hydrogen (secondary N) is 2. The summed E-state index contributed by atoms with van der Waals surface area (Å²) < 4.78 is 19.6. The fraction of sp³-hybridized carbons (Fsp3) is 0.340. The van der Waals surface area contributed by atoms with Crippen molar-refractivity contribution >= 4 is 46.5 Å². The summed E-state index contributed by atoms with van der Waals surface area (Å²) in [5, 5.41) is 20.1. The Morgan fingerprint density at radius 1 is 0.855 bits per heavy atom. The number of hydrogen-bond donors (Lipinski definition) is 2. The van der Waals surface area contributed by atoms with E-state index in [1.807, 2.05) is 117 Å². The number of carboxylic acid groups (broad SMARTS) is 1. The van der Waals surface area contributed by atoms with Crippen LogP contribution in [0.2, 0.25) is 0 Å². The molecule has 2 aliphatic heterocycles. The Morgan fingerprint density at radius 2 is 1.61 bits per heavy atom. The van der Waals surface area contributed by atoms with Gasteiger partial charge in [0.05, 0.1) is 24.7 Å². The van der Waals surface area contributed by atoms with Crippen LogP contribution in [-0.4, -0.2) is 77.7 Å². The van der Waals surface area contributed by atoms with Gasteiger partial charge < -0.3 is 39.3 Å². The van der Waals surface area contributed by atoms with Gasteiger partial charge in [-0.05, 0) is 73.2 Å². The minimum Gasteiger partial charge on any atom is -0.545 e. The summed E-state index contributed by atoms with van der Waals surface area (Å²) in [5.41, 5.74) is 4.53. The van der Waals surface area contributed by atoms with Crippen LogP contribution in [-0.2, 0) is 19.1 Å². The topological polar surface area (TPSA) is 153 Å². The number of carboxylic acids is 1. The average Bonchev–Trinajstić information content (AvgIpc) is 3.26. The van der Waals surface area contributed by atoms with E-state index in [0.717, 1.165) is 48.7 Å². The Bertz CT molecular complexity index is 2480. The van der Waals surface area contributed by atoms with Crippen molar-refractivity contribution in [1.82, 2.24) is 15.2 Å². The van der Waals surface area contributed by atoms with Crippen LogP contribution in [0.1, 0.15) is 84.1 Å². The number of fused-ring (bicyclic) bond motifs is 2. The van der Waals surface area contributed by atoms with Gasteiger partial charge in [-0.25, -0.2) is 9.37 Å². The van der Waals surface area contributed by atoms with Gasteiger partial charge in [0.25, 0.3) is 5.91 Å². The molecule has 2 amide bonds. The van der Waals surface area contributed by atoms with Gasteiger partial charge in [-0.3, -0.25) is 9.59 Å². The van der Waals surface area contributed by atoms with Crippen LogP contribution in [0.3, 0.4) is 0 Å². The monoisotopic (exact) mass is 840 g/mol. The highest BCUT2D eigenvalue weighted by Crippen LogP contribution is 2.42. The van der Waals surface area contributed by atoms with E-state index < -0.39 is 11.9 Å². The summed E-state index contributed by atoms with van der Waals surface area (Å²) in [4.78, 5) is 52.3. The number of cyclic esters (lactones) is 1. The maximum atomic E-state index is 13.4. The lowest BCUT2D eigenvalue weighted by Crippen LogP contribution is -2.26. The van der Waals surface area contributed by atoms with Gasteiger partial charge in [0.1, 0.15) is 37.3 Å². The molecule has 0 aromatic heterocycles. The summed E-state index contributed by atoms with van der Waals surface area (Å²) in [6, 6.07) is 25.9. The molecule has 1 aliphatic carbocycles. The lowest BCUT2D eigenvalue weighted by atomic mass is 9.89. The molecule has 0 spiro atoms. The normalized spacial score (nSPS) is 13.8. The fourth-order valence-corrected chi connectivity index (χ4v) is 7.38. The number of unbranched alkanes of at least 4 members (excludes halogenated alkanes) is 5. The number of nitrogens with zero attached hydrogens (tertiary/aromatic N) is 2. The molecule has 62 heavy (non-hydrogen) atoms. The van der Waals surface area contributed by atoms with E-state index >= 15 is 0 Å². The van der Waals surface area contributed by atoms with E-state index in [1.165, 1.54) is 18.2 Å². The number of amides is 2. The molecule has 2 heterocycles. The third-order valence-electron chi connectivity index (χ3n) is 10.8. The van der Waals surface area contributed by atoms with Crippen molar-refractivity contribution in [2.45, 2.75) is 63.9 Å². The van der Waals surface area contributed by atoms with Gasteiger partial charge >= 0.3 is 5.97 Å². The Kier molecular flexibility index (Phi) is 15.7. The molecule has 3 aliphatic rings. The van der Waals surface area contributed by atoms with Crippen LogP contribution in [0.15, 0.2) is 107 Å². The summed E-state index contributed by atoms with van der Waals surface area (Å²) in [7, 11) is 7.74. The number of esters is 1. The molecule has 0 radical (unpaired) electrons. The fourth-order valence-electron chi connectivity index (χ4n) is 7.38. The number of benzene rings is 4. The molecule has 12 heteroatoms. The van der Waals surface area contributed by atoms with E-state index in [1.54, 1.807) is 6.07 Å². The first-order valence-corrected chi connectivity index (χ1v) is 21.3. The summed E-state index contributed by atoms with van der Waals surface area (Å²) >= 11 is 0. The van der Waals surface area contributed by atoms with Crippen LogP contribution in [0.5, 0.6) is 0 Å². The minimum absolute atomic E-state index is 0.00883. The van der Waals surface area contributed by atoms with Gasteiger partial charge in [0.15, 0.2) is 0 Å². The minimum atomic E-state index is -1.35. The summed E-state index contributed by atoms with van der Waals surface area (Å²) in [6.07, 6.45) is 11.6. The van der Waals surface area contributed by atoms with Gasteiger partial charge in [-0.15, -0.1) is 0 Å². The van der Waals surface area contributed by atoms with Crippen LogP contribution in [0.4, 0.5) is 5.69 Å². The van der Waals surface area contributed by atoms with Crippen molar-refractivity contribution in [3.63, 3.8) is 0 Å². The molecule has 0 saturated carbocycles. The number of carbonyl (C=O) groups is 4. The van der Waals surface area contributed by atoms with E-state index in [-0.39, 0.29) is 23.5 Å². The van der Waals surface area contributed by atoms with Gasteiger partial charge in [-0.2, -0.15) is 0 Å². The zero-order valence-corrected chi connectivity index (χ0v) is 36.0. The first-order valence-electron chi connectivity index (χ1n) is 21.3. The molecule has 0 fully saturated rings. The Labute approximate surface area is 362 Å². The van der Waals surface area contributed by atoms with E-state index in [9.17, 15) is 24.3 Å². The summed E-state index contributed by atoms with van der Waals surface area (Å²) in [6.45, 7) is 1.54. The third kappa shape index (κ3) is 12.2. The van der Waals surface area contributed by atoms with E-state index in [4.69, 9.17) is 13.9 Å². The zero-order valence-electron chi connectivity index (χ0n) is 36.0. The molecule has 3 aromatic rings. The number of hydrogen-bond acceptors (Lipinski definition) is 9. The number of rotatable bonds is 20. The van der Waals surface area contributed by atoms with Crippen molar-refractivity contribution in [3.05, 3.63) is 125 Å². The second-order valence-electron chi connectivity index (χ2n) is 15.9. The highest BCUT2D eigenvalue weighted by Gasteiger charge is 2.23. The number of aromatic carboxylic acids is 1. The lowest BCUT2D eigenvalue weighted by Gasteiger charge is -2.21. The molecular weight excluding hydrogens is 785 g/mol. The van der Waals surface area contributed by atoms with Crippen molar-refractivity contribution in [3.8, 4) is 22.5 Å².